The standard InChI is InChI=1S/C9H11N3O4/c1-2-3-10-8(13)7-4-6(12(15)16)5-11-9(7)14/h4-5H,2-3H2,1H3,(H,10,13)(H,11,14). The fraction of sp³-hybridized carbons (Fsp3) is 0.333. The quantitative estimate of drug-likeness (QED) is 0.572. The zero-order chi connectivity index (χ0) is 12.1. The number of aromatic amines is 1. The molecule has 0 aliphatic carbocycles. The lowest BCUT2D eigenvalue weighted by molar-refractivity contribution is -0.385. The molecular formula is C9H11N3O4. The van der Waals surface area contributed by atoms with Crippen LogP contribution in [0.1, 0.15) is 23.7 Å². The molecule has 0 fully saturated rings. The summed E-state index contributed by atoms with van der Waals surface area (Å²) in [6.45, 7) is 2.28. The Balaban J connectivity index is 3.02. The molecular weight excluding hydrogens is 214 g/mol. The molecule has 2 N–H and O–H groups in total. The molecule has 0 atom stereocenters. The number of pyridine rings is 1. The topological polar surface area (TPSA) is 105 Å². The van der Waals surface area contributed by atoms with E-state index in [1.165, 1.54) is 0 Å². The molecule has 7 nitrogen and oxygen atoms in total. The van der Waals surface area contributed by atoms with E-state index in [-0.39, 0.29) is 11.3 Å². The molecule has 0 aliphatic heterocycles. The fourth-order valence-electron chi connectivity index (χ4n) is 1.08. The first kappa shape index (κ1) is 11.9. The predicted molar refractivity (Wildman–Crippen MR) is 56.3 cm³/mol. The lowest BCUT2D eigenvalue weighted by Crippen LogP contribution is -2.30. The van der Waals surface area contributed by atoms with E-state index in [0.717, 1.165) is 18.7 Å². The first-order valence-electron chi connectivity index (χ1n) is 4.71. The fourth-order valence-corrected chi connectivity index (χ4v) is 1.08. The van der Waals surface area contributed by atoms with Crippen LogP contribution in [-0.4, -0.2) is 22.4 Å². The van der Waals surface area contributed by atoms with Crippen molar-refractivity contribution < 1.29 is 9.72 Å². The van der Waals surface area contributed by atoms with Gasteiger partial charge in [-0.2, -0.15) is 0 Å². The van der Waals surface area contributed by atoms with Gasteiger partial charge in [-0.05, 0) is 6.42 Å². The number of nitrogens with zero attached hydrogens (tertiary/aromatic N) is 1. The third kappa shape index (κ3) is 2.66. The summed E-state index contributed by atoms with van der Waals surface area (Å²) in [6.07, 6.45) is 1.68. The van der Waals surface area contributed by atoms with Crippen LogP contribution in [-0.2, 0) is 0 Å². The second-order valence-electron chi connectivity index (χ2n) is 3.11. The maximum absolute atomic E-state index is 11.4. The van der Waals surface area contributed by atoms with Crippen molar-refractivity contribution in [1.82, 2.24) is 10.3 Å². The van der Waals surface area contributed by atoms with Crippen LogP contribution in [0.4, 0.5) is 5.69 Å². The van der Waals surface area contributed by atoms with E-state index in [0.29, 0.717) is 6.54 Å². The first-order valence-corrected chi connectivity index (χ1v) is 4.71. The summed E-state index contributed by atoms with van der Waals surface area (Å²) >= 11 is 0. The number of amides is 1. The van der Waals surface area contributed by atoms with Gasteiger partial charge in [-0.1, -0.05) is 6.92 Å². The molecule has 0 saturated carbocycles. The monoisotopic (exact) mass is 225 g/mol. The highest BCUT2D eigenvalue weighted by atomic mass is 16.6. The minimum absolute atomic E-state index is 0.248. The van der Waals surface area contributed by atoms with Crippen molar-refractivity contribution in [3.63, 3.8) is 0 Å². The Morgan fingerprint density at radius 1 is 1.62 bits per heavy atom. The van der Waals surface area contributed by atoms with Gasteiger partial charge >= 0.3 is 0 Å². The average Bonchev–Trinajstić information content (AvgIpc) is 2.26. The van der Waals surface area contributed by atoms with Crippen molar-refractivity contribution in [1.29, 1.82) is 0 Å². The molecule has 0 aromatic carbocycles. The molecule has 1 aromatic heterocycles. The first-order chi connectivity index (χ1) is 7.56. The van der Waals surface area contributed by atoms with Crippen LogP contribution in [0.2, 0.25) is 0 Å². The normalized spacial score (nSPS) is 9.81. The zero-order valence-corrected chi connectivity index (χ0v) is 8.65. The predicted octanol–water partition coefficient (Wildman–Crippen LogP) is 0.423. The molecule has 0 spiro atoms. The summed E-state index contributed by atoms with van der Waals surface area (Å²) in [7, 11) is 0. The minimum Gasteiger partial charge on any atom is -0.352 e. The van der Waals surface area contributed by atoms with Gasteiger partial charge in [0.2, 0.25) is 0 Å². The number of aromatic nitrogens is 1. The molecule has 0 saturated heterocycles. The van der Waals surface area contributed by atoms with Gasteiger partial charge in [-0.25, -0.2) is 0 Å². The molecule has 86 valence electrons. The number of rotatable bonds is 4. The summed E-state index contributed by atoms with van der Waals surface area (Å²) in [5, 5.41) is 12.9. The Bertz CT molecular complexity index is 466. The van der Waals surface area contributed by atoms with Gasteiger partial charge in [-0.3, -0.25) is 19.7 Å². The number of nitrogens with one attached hydrogen (secondary N) is 2. The highest BCUT2D eigenvalue weighted by Crippen LogP contribution is 2.07. The Morgan fingerprint density at radius 2 is 2.31 bits per heavy atom. The summed E-state index contributed by atoms with van der Waals surface area (Å²) < 4.78 is 0. The van der Waals surface area contributed by atoms with Gasteiger partial charge < -0.3 is 10.3 Å². The van der Waals surface area contributed by atoms with Crippen LogP contribution >= 0.6 is 0 Å². The van der Waals surface area contributed by atoms with E-state index >= 15 is 0 Å². The van der Waals surface area contributed by atoms with E-state index in [2.05, 4.69) is 10.3 Å². The smallest absolute Gasteiger partial charge is 0.286 e. The summed E-state index contributed by atoms with van der Waals surface area (Å²) in [4.78, 5) is 34.6. The van der Waals surface area contributed by atoms with Crippen molar-refractivity contribution in [2.75, 3.05) is 6.54 Å². The molecule has 0 bridgehead atoms. The maximum Gasteiger partial charge on any atom is 0.286 e. The summed E-state index contributed by atoms with van der Waals surface area (Å²) in [6, 6.07) is 0.962. The van der Waals surface area contributed by atoms with Gasteiger partial charge in [0.1, 0.15) is 5.56 Å². The zero-order valence-electron chi connectivity index (χ0n) is 8.65. The van der Waals surface area contributed by atoms with E-state index in [9.17, 15) is 19.7 Å². The lowest BCUT2D eigenvalue weighted by Gasteiger charge is -2.01. The van der Waals surface area contributed by atoms with E-state index in [1.54, 1.807) is 0 Å². The largest absolute Gasteiger partial charge is 0.352 e. The Labute approximate surface area is 90.6 Å². The Kier molecular flexibility index (Phi) is 3.76. The number of nitro groups is 1. The Morgan fingerprint density at radius 3 is 2.88 bits per heavy atom. The van der Waals surface area contributed by atoms with Gasteiger partial charge in [-0.15, -0.1) is 0 Å². The van der Waals surface area contributed by atoms with Gasteiger partial charge in [0.25, 0.3) is 17.2 Å². The summed E-state index contributed by atoms with van der Waals surface area (Å²) in [5.74, 6) is -0.605. The van der Waals surface area contributed by atoms with E-state index in [4.69, 9.17) is 0 Å². The van der Waals surface area contributed by atoms with E-state index < -0.39 is 16.4 Å². The van der Waals surface area contributed by atoms with Crippen LogP contribution < -0.4 is 10.9 Å². The highest BCUT2D eigenvalue weighted by Gasteiger charge is 2.15. The van der Waals surface area contributed by atoms with E-state index in [1.807, 2.05) is 6.92 Å². The number of hydrogen-bond donors (Lipinski definition) is 2. The van der Waals surface area contributed by atoms with Crippen LogP contribution in [0, 0.1) is 10.1 Å². The maximum atomic E-state index is 11.4. The second-order valence-corrected chi connectivity index (χ2v) is 3.11. The Hall–Kier alpha value is -2.18. The van der Waals surface area contributed by atoms with Crippen molar-refractivity contribution >= 4 is 11.6 Å². The molecule has 1 rings (SSSR count). The minimum atomic E-state index is -0.674. The third-order valence-electron chi connectivity index (χ3n) is 1.88. The molecule has 1 amide bonds. The second kappa shape index (κ2) is 5.06. The number of hydrogen-bond acceptors (Lipinski definition) is 4. The average molecular weight is 225 g/mol. The SMILES string of the molecule is CCCNC(=O)c1cc([N+](=O)[O-])c[nH]c1=O. The molecule has 0 aliphatic rings. The molecule has 0 unspecified atom stereocenters. The third-order valence-corrected chi connectivity index (χ3v) is 1.88. The summed E-state index contributed by atoms with van der Waals surface area (Å²) in [5.41, 5.74) is -1.21. The van der Waals surface area contributed by atoms with Crippen LogP contribution in [0.3, 0.4) is 0 Å². The molecule has 16 heavy (non-hydrogen) atoms. The number of H-pyrrole nitrogens is 1. The van der Waals surface area contributed by atoms with Gasteiger partial charge in [0, 0.05) is 12.6 Å². The van der Waals surface area contributed by atoms with Crippen molar-refractivity contribution in [3.05, 3.63) is 38.3 Å². The van der Waals surface area contributed by atoms with Crippen molar-refractivity contribution in [3.8, 4) is 0 Å². The van der Waals surface area contributed by atoms with Gasteiger partial charge in [0.05, 0.1) is 11.1 Å². The molecule has 7 heteroatoms. The molecule has 1 heterocycles. The number of carbonyl (C=O) groups is 1. The molecule has 1 aromatic rings. The van der Waals surface area contributed by atoms with Crippen LogP contribution in [0.25, 0.3) is 0 Å². The molecule has 0 radical (unpaired) electrons. The van der Waals surface area contributed by atoms with Crippen molar-refractivity contribution in [2.45, 2.75) is 13.3 Å². The van der Waals surface area contributed by atoms with Crippen molar-refractivity contribution in [2.24, 2.45) is 0 Å². The van der Waals surface area contributed by atoms with Crippen LogP contribution in [0.15, 0.2) is 17.1 Å². The van der Waals surface area contributed by atoms with Gasteiger partial charge in [0.15, 0.2) is 0 Å². The highest BCUT2D eigenvalue weighted by molar-refractivity contribution is 5.94. The number of carbonyl (C=O) groups excluding carboxylic acids is 1. The van der Waals surface area contributed by atoms with Crippen LogP contribution in [0.5, 0.6) is 0 Å². The lowest BCUT2D eigenvalue weighted by atomic mass is 10.2.